The lowest BCUT2D eigenvalue weighted by Gasteiger charge is -2.20. The van der Waals surface area contributed by atoms with Gasteiger partial charge in [0.15, 0.2) is 0 Å². The van der Waals surface area contributed by atoms with Crippen LogP contribution in [0.4, 0.5) is 0 Å². The fourth-order valence-electron chi connectivity index (χ4n) is 3.43. The minimum Gasteiger partial charge on any atom is -0.394 e. The predicted octanol–water partition coefficient (Wildman–Crippen LogP) is 3.74. The molecule has 27 heavy (non-hydrogen) atoms. The number of unbranched alkanes of at least 4 members (excludes halogenated alkanes) is 10. The van der Waals surface area contributed by atoms with E-state index in [2.05, 4.69) is 19.1 Å². The van der Waals surface area contributed by atoms with Gasteiger partial charge in [0.1, 0.15) is 24.4 Å². The van der Waals surface area contributed by atoms with E-state index >= 15 is 0 Å². The van der Waals surface area contributed by atoms with Crippen molar-refractivity contribution in [1.82, 2.24) is 0 Å². The molecule has 1 fully saturated rings. The minimum absolute atomic E-state index is 0.272. The molecule has 5 heteroatoms. The van der Waals surface area contributed by atoms with Crippen LogP contribution in [0.3, 0.4) is 0 Å². The topological polar surface area (TPSA) is 79.2 Å². The number of aliphatic hydroxyl groups is 3. The van der Waals surface area contributed by atoms with E-state index in [9.17, 15) is 10.2 Å². The summed E-state index contributed by atoms with van der Waals surface area (Å²) < 4.78 is 11.0. The van der Waals surface area contributed by atoms with Crippen molar-refractivity contribution in [3.63, 3.8) is 0 Å². The Kier molecular flexibility index (Phi) is 15.0. The van der Waals surface area contributed by atoms with Crippen molar-refractivity contribution in [2.45, 2.75) is 108 Å². The number of allylic oxidation sites excluding steroid dienone is 2. The van der Waals surface area contributed by atoms with Gasteiger partial charge in [0.25, 0.3) is 0 Å². The van der Waals surface area contributed by atoms with Crippen LogP contribution in [0.1, 0.15) is 84.0 Å². The molecule has 0 unspecified atom stereocenters. The lowest BCUT2D eigenvalue weighted by molar-refractivity contribution is -0.0730. The van der Waals surface area contributed by atoms with E-state index in [1.165, 1.54) is 64.2 Å². The summed E-state index contributed by atoms with van der Waals surface area (Å²) >= 11 is 0. The lowest BCUT2D eigenvalue weighted by atomic mass is 10.1. The molecule has 0 radical (unpaired) electrons. The SMILES string of the molecule is CCCCCCC/C=C/CCCCCCCO[C@@H]1CO[C@@H]([C@@H](O)CO)[C@H]1O. The third kappa shape index (κ3) is 11.2. The first kappa shape index (κ1) is 24.6. The fraction of sp³-hybridized carbons (Fsp3) is 0.909. The first-order valence-electron chi connectivity index (χ1n) is 11.1. The second-order valence-corrected chi connectivity index (χ2v) is 7.68. The second kappa shape index (κ2) is 16.5. The molecule has 0 aliphatic carbocycles. The van der Waals surface area contributed by atoms with E-state index in [0.29, 0.717) is 6.61 Å². The van der Waals surface area contributed by atoms with Gasteiger partial charge in [-0.05, 0) is 32.1 Å². The summed E-state index contributed by atoms with van der Waals surface area (Å²) in [6, 6.07) is 0. The van der Waals surface area contributed by atoms with Gasteiger partial charge in [-0.2, -0.15) is 0 Å². The van der Waals surface area contributed by atoms with Crippen LogP contribution in [0, 0.1) is 0 Å². The number of aliphatic hydroxyl groups excluding tert-OH is 3. The van der Waals surface area contributed by atoms with Gasteiger partial charge in [0.05, 0.1) is 13.2 Å². The van der Waals surface area contributed by atoms with E-state index in [-0.39, 0.29) is 6.61 Å². The molecule has 0 saturated carbocycles. The van der Waals surface area contributed by atoms with E-state index in [4.69, 9.17) is 14.6 Å². The molecule has 0 aromatic carbocycles. The molecule has 5 nitrogen and oxygen atoms in total. The van der Waals surface area contributed by atoms with Crippen molar-refractivity contribution in [2.75, 3.05) is 19.8 Å². The zero-order valence-corrected chi connectivity index (χ0v) is 17.2. The van der Waals surface area contributed by atoms with Crippen LogP contribution in [0.15, 0.2) is 12.2 Å². The number of hydrogen-bond acceptors (Lipinski definition) is 5. The highest BCUT2D eigenvalue weighted by atomic mass is 16.6. The molecule has 4 atom stereocenters. The number of rotatable bonds is 17. The fourth-order valence-corrected chi connectivity index (χ4v) is 3.43. The Morgan fingerprint density at radius 3 is 2.19 bits per heavy atom. The number of ether oxygens (including phenoxy) is 2. The van der Waals surface area contributed by atoms with Crippen LogP contribution in [0.2, 0.25) is 0 Å². The summed E-state index contributed by atoms with van der Waals surface area (Å²) in [6.45, 7) is 2.71. The summed E-state index contributed by atoms with van der Waals surface area (Å²) in [7, 11) is 0. The number of hydrogen-bond donors (Lipinski definition) is 3. The Morgan fingerprint density at radius 2 is 1.56 bits per heavy atom. The first-order chi connectivity index (χ1) is 13.2. The molecule has 0 aromatic heterocycles. The first-order valence-corrected chi connectivity index (χ1v) is 11.1. The van der Waals surface area contributed by atoms with Crippen molar-refractivity contribution in [3.05, 3.63) is 12.2 Å². The van der Waals surface area contributed by atoms with Crippen molar-refractivity contribution in [3.8, 4) is 0 Å². The highest BCUT2D eigenvalue weighted by molar-refractivity contribution is 4.88. The van der Waals surface area contributed by atoms with Crippen LogP contribution in [0.5, 0.6) is 0 Å². The van der Waals surface area contributed by atoms with E-state index < -0.39 is 31.0 Å². The largest absolute Gasteiger partial charge is 0.394 e. The monoisotopic (exact) mass is 386 g/mol. The molecule has 3 N–H and O–H groups in total. The minimum atomic E-state index is -1.05. The third-order valence-electron chi connectivity index (χ3n) is 5.22. The molecule has 1 aliphatic rings. The maximum absolute atomic E-state index is 10.0. The van der Waals surface area contributed by atoms with Crippen LogP contribution >= 0.6 is 0 Å². The van der Waals surface area contributed by atoms with Crippen molar-refractivity contribution < 1.29 is 24.8 Å². The van der Waals surface area contributed by atoms with Crippen molar-refractivity contribution in [1.29, 1.82) is 0 Å². The van der Waals surface area contributed by atoms with Gasteiger partial charge >= 0.3 is 0 Å². The van der Waals surface area contributed by atoms with E-state index in [0.717, 1.165) is 12.8 Å². The molecular weight excluding hydrogens is 344 g/mol. The molecule has 1 aliphatic heterocycles. The van der Waals surface area contributed by atoms with Gasteiger partial charge in [-0.25, -0.2) is 0 Å². The summed E-state index contributed by atoms with van der Waals surface area (Å²) in [5, 5.41) is 28.5. The van der Waals surface area contributed by atoms with Crippen LogP contribution in [-0.4, -0.2) is 59.6 Å². The molecule has 160 valence electrons. The van der Waals surface area contributed by atoms with Gasteiger partial charge in [0.2, 0.25) is 0 Å². The third-order valence-corrected chi connectivity index (χ3v) is 5.22. The molecule has 1 saturated heterocycles. The zero-order valence-electron chi connectivity index (χ0n) is 17.2. The predicted molar refractivity (Wildman–Crippen MR) is 109 cm³/mol. The maximum Gasteiger partial charge on any atom is 0.114 e. The molecule has 1 heterocycles. The standard InChI is InChI=1S/C22H42O5/c1-2-3-4-5-6-7-8-9-10-11-12-13-14-15-16-26-20-18-27-22(21(20)25)19(24)17-23/h8-9,19-25H,2-7,10-18H2,1H3/b9-8+/t19-,20+,21-,22-/m0/s1. The van der Waals surface area contributed by atoms with Crippen molar-refractivity contribution >= 4 is 0 Å². The average molecular weight is 387 g/mol. The van der Waals surface area contributed by atoms with Gasteiger partial charge in [-0.3, -0.25) is 0 Å². The summed E-state index contributed by atoms with van der Waals surface area (Å²) in [4.78, 5) is 0. The molecule has 0 bridgehead atoms. The van der Waals surface area contributed by atoms with E-state index in [1.807, 2.05) is 0 Å². The van der Waals surface area contributed by atoms with Crippen LogP contribution < -0.4 is 0 Å². The van der Waals surface area contributed by atoms with Crippen LogP contribution in [-0.2, 0) is 9.47 Å². The molecule has 1 rings (SSSR count). The Morgan fingerprint density at radius 1 is 0.963 bits per heavy atom. The highest BCUT2D eigenvalue weighted by Gasteiger charge is 2.40. The molecule has 0 amide bonds. The van der Waals surface area contributed by atoms with Crippen LogP contribution in [0.25, 0.3) is 0 Å². The average Bonchev–Trinajstić information content (AvgIpc) is 3.04. The highest BCUT2D eigenvalue weighted by Crippen LogP contribution is 2.20. The summed E-state index contributed by atoms with van der Waals surface area (Å²) in [6.07, 6.45) is 16.6. The molecule has 0 aromatic rings. The second-order valence-electron chi connectivity index (χ2n) is 7.68. The quantitative estimate of drug-likeness (QED) is 0.262. The Hall–Kier alpha value is -0.460. The summed E-state index contributed by atoms with van der Waals surface area (Å²) in [5.41, 5.74) is 0. The Balaban J connectivity index is 1.87. The Bertz CT molecular complexity index is 361. The normalized spacial score (nSPS) is 24.1. The molecular formula is C22H42O5. The van der Waals surface area contributed by atoms with Gasteiger partial charge in [-0.1, -0.05) is 64.0 Å². The maximum atomic E-state index is 10.0. The van der Waals surface area contributed by atoms with Gasteiger partial charge < -0.3 is 24.8 Å². The van der Waals surface area contributed by atoms with Gasteiger partial charge in [0, 0.05) is 6.61 Å². The van der Waals surface area contributed by atoms with Gasteiger partial charge in [-0.15, -0.1) is 0 Å². The summed E-state index contributed by atoms with van der Waals surface area (Å²) in [5.74, 6) is 0. The molecule has 0 spiro atoms. The Labute approximate surface area is 165 Å². The smallest absolute Gasteiger partial charge is 0.114 e. The van der Waals surface area contributed by atoms with Crippen molar-refractivity contribution in [2.24, 2.45) is 0 Å². The lowest BCUT2D eigenvalue weighted by Crippen LogP contribution is -2.41. The van der Waals surface area contributed by atoms with E-state index in [1.54, 1.807) is 0 Å². The zero-order chi connectivity index (χ0) is 19.7.